The van der Waals surface area contributed by atoms with Crippen molar-refractivity contribution in [2.75, 3.05) is 0 Å². The highest BCUT2D eigenvalue weighted by Crippen LogP contribution is 2.40. The molecule has 1 heterocycles. The van der Waals surface area contributed by atoms with Crippen LogP contribution in [-0.4, -0.2) is 0 Å². The lowest BCUT2D eigenvalue weighted by atomic mass is 9.92. The molecular formula is C17H18ClNO. The van der Waals surface area contributed by atoms with Gasteiger partial charge in [0.2, 0.25) is 0 Å². The molecule has 0 aliphatic carbocycles. The standard InChI is InChI=1S/C17H18ClNO/c1-10-3-4-12(7-11(10)2)17-9-15(19)14-8-13(18)5-6-16(14)20-17/h3-8,15,17H,9,19H2,1-2H3. The third kappa shape index (κ3) is 2.41. The molecule has 2 aromatic carbocycles. The Morgan fingerprint density at radius 3 is 2.65 bits per heavy atom. The van der Waals surface area contributed by atoms with Gasteiger partial charge in [-0.3, -0.25) is 0 Å². The Labute approximate surface area is 124 Å². The van der Waals surface area contributed by atoms with Crippen LogP contribution in [0, 0.1) is 13.8 Å². The average molecular weight is 288 g/mol. The number of fused-ring (bicyclic) bond motifs is 1. The maximum atomic E-state index is 6.27. The molecule has 3 rings (SSSR count). The molecule has 0 fully saturated rings. The molecule has 0 spiro atoms. The first-order chi connectivity index (χ1) is 9.54. The van der Waals surface area contributed by atoms with Crippen LogP contribution >= 0.6 is 11.6 Å². The number of nitrogens with two attached hydrogens (primary N) is 1. The number of benzene rings is 2. The van der Waals surface area contributed by atoms with Crippen molar-refractivity contribution in [3.05, 3.63) is 63.7 Å². The van der Waals surface area contributed by atoms with Crippen LogP contribution in [0.4, 0.5) is 0 Å². The quantitative estimate of drug-likeness (QED) is 0.839. The highest BCUT2D eigenvalue weighted by atomic mass is 35.5. The highest BCUT2D eigenvalue weighted by Gasteiger charge is 2.27. The van der Waals surface area contributed by atoms with E-state index in [1.165, 1.54) is 16.7 Å². The second kappa shape index (κ2) is 5.12. The third-order valence-corrected chi connectivity index (χ3v) is 4.25. The van der Waals surface area contributed by atoms with E-state index in [0.29, 0.717) is 5.02 Å². The maximum absolute atomic E-state index is 6.27. The Morgan fingerprint density at radius 1 is 1.10 bits per heavy atom. The van der Waals surface area contributed by atoms with Crippen molar-refractivity contribution in [1.82, 2.24) is 0 Å². The van der Waals surface area contributed by atoms with Crippen LogP contribution in [0.2, 0.25) is 5.02 Å². The molecule has 20 heavy (non-hydrogen) atoms. The van der Waals surface area contributed by atoms with Crippen molar-refractivity contribution in [3.63, 3.8) is 0 Å². The van der Waals surface area contributed by atoms with Gasteiger partial charge in [0, 0.05) is 23.0 Å². The van der Waals surface area contributed by atoms with Gasteiger partial charge in [-0.25, -0.2) is 0 Å². The fourth-order valence-corrected chi connectivity index (χ4v) is 2.82. The molecule has 2 aromatic rings. The van der Waals surface area contributed by atoms with E-state index in [9.17, 15) is 0 Å². The Morgan fingerprint density at radius 2 is 1.90 bits per heavy atom. The first-order valence-electron chi connectivity index (χ1n) is 6.83. The fourth-order valence-electron chi connectivity index (χ4n) is 2.64. The highest BCUT2D eigenvalue weighted by molar-refractivity contribution is 6.30. The summed E-state index contributed by atoms with van der Waals surface area (Å²) in [5, 5.41) is 0.701. The van der Waals surface area contributed by atoms with Crippen molar-refractivity contribution in [2.45, 2.75) is 32.4 Å². The molecule has 0 aromatic heterocycles. The van der Waals surface area contributed by atoms with E-state index < -0.39 is 0 Å². The van der Waals surface area contributed by atoms with E-state index in [2.05, 4.69) is 32.0 Å². The number of rotatable bonds is 1. The van der Waals surface area contributed by atoms with Gasteiger partial charge in [0.15, 0.2) is 0 Å². The molecule has 2 nitrogen and oxygen atoms in total. The lowest BCUT2D eigenvalue weighted by Gasteiger charge is -2.31. The fraction of sp³-hybridized carbons (Fsp3) is 0.294. The molecule has 0 saturated heterocycles. The number of hydrogen-bond acceptors (Lipinski definition) is 2. The van der Waals surface area contributed by atoms with Gasteiger partial charge in [-0.15, -0.1) is 0 Å². The third-order valence-electron chi connectivity index (χ3n) is 4.01. The molecule has 2 unspecified atom stereocenters. The summed E-state index contributed by atoms with van der Waals surface area (Å²) >= 11 is 6.02. The molecule has 2 N–H and O–H groups in total. The van der Waals surface area contributed by atoms with Crippen molar-refractivity contribution in [3.8, 4) is 5.75 Å². The Hall–Kier alpha value is -1.51. The first kappa shape index (κ1) is 13.5. The maximum Gasteiger partial charge on any atom is 0.126 e. The zero-order valence-electron chi connectivity index (χ0n) is 11.7. The second-order valence-electron chi connectivity index (χ2n) is 5.47. The number of halogens is 1. The molecule has 3 heteroatoms. The van der Waals surface area contributed by atoms with Crippen LogP contribution < -0.4 is 10.5 Å². The lowest BCUT2D eigenvalue weighted by Crippen LogP contribution is -2.24. The summed E-state index contributed by atoms with van der Waals surface area (Å²) in [6.45, 7) is 4.24. The van der Waals surface area contributed by atoms with Crippen molar-refractivity contribution in [2.24, 2.45) is 5.73 Å². The van der Waals surface area contributed by atoms with E-state index in [-0.39, 0.29) is 12.1 Å². The summed E-state index contributed by atoms with van der Waals surface area (Å²) in [6.07, 6.45) is 0.786. The number of aryl methyl sites for hydroxylation is 2. The van der Waals surface area contributed by atoms with Crippen LogP contribution in [0.3, 0.4) is 0 Å². The summed E-state index contributed by atoms with van der Waals surface area (Å²) in [4.78, 5) is 0. The minimum absolute atomic E-state index is 0.0120. The molecule has 0 radical (unpaired) electrons. The van der Waals surface area contributed by atoms with Crippen molar-refractivity contribution < 1.29 is 4.74 Å². The molecular weight excluding hydrogens is 270 g/mol. The summed E-state index contributed by atoms with van der Waals surface area (Å²) in [6, 6.07) is 12.1. The minimum Gasteiger partial charge on any atom is -0.485 e. The summed E-state index contributed by atoms with van der Waals surface area (Å²) in [5.41, 5.74) is 11.0. The van der Waals surface area contributed by atoms with Crippen LogP contribution in [-0.2, 0) is 0 Å². The zero-order chi connectivity index (χ0) is 14.3. The number of ether oxygens (including phenoxy) is 1. The van der Waals surface area contributed by atoms with Gasteiger partial charge in [0.25, 0.3) is 0 Å². The van der Waals surface area contributed by atoms with Crippen LogP contribution in [0.25, 0.3) is 0 Å². The molecule has 1 aliphatic rings. The van der Waals surface area contributed by atoms with E-state index >= 15 is 0 Å². The van der Waals surface area contributed by atoms with E-state index in [1.807, 2.05) is 18.2 Å². The van der Waals surface area contributed by atoms with Gasteiger partial charge < -0.3 is 10.5 Å². The van der Waals surface area contributed by atoms with E-state index in [1.54, 1.807) is 0 Å². The smallest absolute Gasteiger partial charge is 0.126 e. The molecule has 0 saturated carbocycles. The van der Waals surface area contributed by atoms with E-state index in [0.717, 1.165) is 17.7 Å². The zero-order valence-corrected chi connectivity index (χ0v) is 12.4. The SMILES string of the molecule is Cc1ccc(C2CC(N)c3cc(Cl)ccc3O2)cc1C. The van der Waals surface area contributed by atoms with Crippen LogP contribution in [0.15, 0.2) is 36.4 Å². The second-order valence-corrected chi connectivity index (χ2v) is 5.91. The van der Waals surface area contributed by atoms with Gasteiger partial charge in [0.1, 0.15) is 11.9 Å². The topological polar surface area (TPSA) is 35.2 Å². The van der Waals surface area contributed by atoms with Crippen LogP contribution in [0.5, 0.6) is 5.75 Å². The normalized spacial score (nSPS) is 21.2. The van der Waals surface area contributed by atoms with Gasteiger partial charge in [-0.1, -0.05) is 29.8 Å². The van der Waals surface area contributed by atoms with E-state index in [4.69, 9.17) is 22.1 Å². The first-order valence-corrected chi connectivity index (χ1v) is 7.21. The predicted molar refractivity (Wildman–Crippen MR) is 82.3 cm³/mol. The van der Waals surface area contributed by atoms with Gasteiger partial charge in [-0.05, 0) is 48.7 Å². The number of hydrogen-bond donors (Lipinski definition) is 1. The van der Waals surface area contributed by atoms with Crippen molar-refractivity contribution >= 4 is 11.6 Å². The molecule has 0 bridgehead atoms. The monoisotopic (exact) mass is 287 g/mol. The van der Waals surface area contributed by atoms with Gasteiger partial charge in [-0.2, -0.15) is 0 Å². The molecule has 104 valence electrons. The molecule has 0 amide bonds. The van der Waals surface area contributed by atoms with Gasteiger partial charge >= 0.3 is 0 Å². The Balaban J connectivity index is 1.94. The Kier molecular flexibility index (Phi) is 3.45. The molecule has 1 aliphatic heterocycles. The average Bonchev–Trinajstić information content (AvgIpc) is 2.42. The van der Waals surface area contributed by atoms with Gasteiger partial charge in [0.05, 0.1) is 0 Å². The minimum atomic E-state index is -0.0379. The predicted octanol–water partition coefficient (Wildman–Crippen LogP) is 4.48. The van der Waals surface area contributed by atoms with Crippen LogP contribution in [0.1, 0.15) is 40.8 Å². The summed E-state index contributed by atoms with van der Waals surface area (Å²) in [7, 11) is 0. The summed E-state index contributed by atoms with van der Waals surface area (Å²) in [5.74, 6) is 0.844. The lowest BCUT2D eigenvalue weighted by molar-refractivity contribution is 0.161. The van der Waals surface area contributed by atoms with Crippen molar-refractivity contribution in [1.29, 1.82) is 0 Å². The molecule has 2 atom stereocenters. The summed E-state index contributed by atoms with van der Waals surface area (Å²) < 4.78 is 6.10. The largest absolute Gasteiger partial charge is 0.485 e. The Bertz CT molecular complexity index is 653.